The van der Waals surface area contributed by atoms with Gasteiger partial charge in [0.25, 0.3) is 0 Å². The van der Waals surface area contributed by atoms with Crippen LogP contribution in [0.4, 0.5) is 0 Å². The number of halogens is 1. The van der Waals surface area contributed by atoms with Crippen molar-refractivity contribution in [3.8, 4) is 11.8 Å². The third kappa shape index (κ3) is 2.18. The second-order valence-corrected chi connectivity index (χ2v) is 6.51. The summed E-state index contributed by atoms with van der Waals surface area (Å²) in [5.74, 6) is 0.850. The summed E-state index contributed by atoms with van der Waals surface area (Å²) in [5.41, 5.74) is 0.548. The van der Waals surface area contributed by atoms with E-state index >= 15 is 0 Å². The predicted octanol–water partition coefficient (Wildman–Crippen LogP) is 4.30. The molecule has 1 aromatic heterocycles. The summed E-state index contributed by atoms with van der Waals surface area (Å²) in [6.45, 7) is 0.605. The van der Waals surface area contributed by atoms with Gasteiger partial charge in [-0.3, -0.25) is 0 Å². The summed E-state index contributed by atoms with van der Waals surface area (Å²) in [7, 11) is 0. The van der Waals surface area contributed by atoms with Gasteiger partial charge in [-0.1, -0.05) is 18.2 Å². The van der Waals surface area contributed by atoms with Crippen LogP contribution in [0, 0.1) is 11.3 Å². The minimum atomic E-state index is -0.470. The predicted molar refractivity (Wildman–Crippen MR) is 79.6 cm³/mol. The molecule has 0 aliphatic carbocycles. The number of hydrogen-bond donors (Lipinski definition) is 0. The van der Waals surface area contributed by atoms with Crippen molar-refractivity contribution in [3.63, 3.8) is 0 Å². The topological polar surface area (TPSA) is 33.0 Å². The number of thiophene rings is 1. The van der Waals surface area contributed by atoms with Crippen molar-refractivity contribution in [2.45, 2.75) is 18.3 Å². The maximum absolute atomic E-state index is 9.76. The molecule has 96 valence electrons. The van der Waals surface area contributed by atoms with E-state index in [2.05, 4.69) is 27.4 Å². The fourth-order valence-corrected chi connectivity index (χ4v) is 4.13. The van der Waals surface area contributed by atoms with Crippen LogP contribution in [0.15, 0.2) is 40.2 Å². The van der Waals surface area contributed by atoms with Crippen LogP contribution in [0.1, 0.15) is 16.9 Å². The highest BCUT2D eigenvalue weighted by molar-refractivity contribution is 9.10. The first-order valence-electron chi connectivity index (χ1n) is 6.11. The van der Waals surface area contributed by atoms with E-state index in [1.165, 1.54) is 4.88 Å². The van der Waals surface area contributed by atoms with E-state index in [4.69, 9.17) is 4.74 Å². The van der Waals surface area contributed by atoms with Crippen molar-refractivity contribution >= 4 is 27.3 Å². The van der Waals surface area contributed by atoms with E-state index in [1.807, 2.05) is 30.3 Å². The average Bonchev–Trinajstić information content (AvgIpc) is 2.84. The first-order chi connectivity index (χ1) is 9.25. The Hall–Kier alpha value is -1.31. The first kappa shape index (κ1) is 12.7. The number of ether oxygens (including phenoxy) is 1. The molecule has 2 aromatic rings. The summed E-state index contributed by atoms with van der Waals surface area (Å²) in [6, 6.07) is 12.5. The average molecular weight is 334 g/mol. The lowest BCUT2D eigenvalue weighted by molar-refractivity contribution is 0.241. The lowest BCUT2D eigenvalue weighted by Crippen LogP contribution is -2.33. The lowest BCUT2D eigenvalue weighted by Gasteiger charge is -2.33. The van der Waals surface area contributed by atoms with Gasteiger partial charge in [0.05, 0.1) is 18.1 Å². The van der Waals surface area contributed by atoms with Gasteiger partial charge in [0.1, 0.15) is 5.75 Å². The van der Waals surface area contributed by atoms with Gasteiger partial charge in [-0.05, 0) is 33.4 Å². The Balaban J connectivity index is 2.06. The SMILES string of the molecule is N#CC1(Cc2sccc2Br)CCOc2ccccc21. The third-order valence-electron chi connectivity index (χ3n) is 3.56. The van der Waals surface area contributed by atoms with Gasteiger partial charge in [0, 0.05) is 27.8 Å². The highest BCUT2D eigenvalue weighted by Gasteiger charge is 2.38. The Kier molecular flexibility index (Phi) is 3.34. The molecule has 1 aliphatic heterocycles. The molecule has 3 rings (SSSR count). The van der Waals surface area contributed by atoms with Crippen LogP contribution < -0.4 is 4.74 Å². The van der Waals surface area contributed by atoms with Crippen LogP contribution in [0.2, 0.25) is 0 Å². The second kappa shape index (κ2) is 4.99. The minimum absolute atomic E-state index is 0.470. The molecule has 1 atom stereocenters. The summed E-state index contributed by atoms with van der Waals surface area (Å²) in [6.07, 6.45) is 1.48. The number of fused-ring (bicyclic) bond motifs is 1. The zero-order valence-corrected chi connectivity index (χ0v) is 12.6. The van der Waals surface area contributed by atoms with E-state index in [9.17, 15) is 5.26 Å². The van der Waals surface area contributed by atoms with E-state index < -0.39 is 5.41 Å². The Labute approximate surface area is 124 Å². The molecule has 0 amide bonds. The van der Waals surface area contributed by atoms with Gasteiger partial charge in [-0.2, -0.15) is 5.26 Å². The molecule has 0 fully saturated rings. The van der Waals surface area contributed by atoms with Gasteiger partial charge >= 0.3 is 0 Å². The maximum Gasteiger partial charge on any atom is 0.124 e. The maximum atomic E-state index is 9.76. The highest BCUT2D eigenvalue weighted by atomic mass is 79.9. The molecule has 2 heterocycles. The van der Waals surface area contributed by atoms with E-state index in [-0.39, 0.29) is 0 Å². The van der Waals surface area contributed by atoms with Crippen LogP contribution in [0.5, 0.6) is 5.75 Å². The molecular formula is C15H12BrNOS. The number of para-hydroxylation sites is 1. The van der Waals surface area contributed by atoms with Crippen molar-refractivity contribution in [2.24, 2.45) is 0 Å². The van der Waals surface area contributed by atoms with Crippen LogP contribution in [0.25, 0.3) is 0 Å². The molecule has 1 aromatic carbocycles. The molecule has 0 N–H and O–H groups in total. The molecule has 0 bridgehead atoms. The summed E-state index contributed by atoms with van der Waals surface area (Å²) in [4.78, 5) is 1.22. The number of nitriles is 1. The van der Waals surface area contributed by atoms with Gasteiger partial charge in [-0.15, -0.1) is 11.3 Å². The fourth-order valence-electron chi connectivity index (χ4n) is 2.52. The van der Waals surface area contributed by atoms with E-state index in [1.54, 1.807) is 11.3 Å². The molecule has 2 nitrogen and oxygen atoms in total. The third-order valence-corrected chi connectivity index (χ3v) is 5.48. The normalized spacial score (nSPS) is 21.3. The highest BCUT2D eigenvalue weighted by Crippen LogP contribution is 2.42. The van der Waals surface area contributed by atoms with Crippen molar-refractivity contribution in [2.75, 3.05) is 6.61 Å². The molecule has 1 unspecified atom stereocenters. The summed E-state index contributed by atoms with van der Waals surface area (Å²) < 4.78 is 6.76. The van der Waals surface area contributed by atoms with Crippen LogP contribution >= 0.6 is 27.3 Å². The van der Waals surface area contributed by atoms with Crippen molar-refractivity contribution in [1.29, 1.82) is 5.26 Å². The number of nitrogens with zero attached hydrogens (tertiary/aromatic N) is 1. The molecular weight excluding hydrogens is 322 g/mol. The standard InChI is InChI=1S/C15H12BrNOS/c16-12-5-8-19-14(12)9-15(10-17)6-7-18-13-4-2-1-3-11(13)15/h1-5,8H,6-7,9H2. The lowest BCUT2D eigenvalue weighted by atomic mass is 9.74. The first-order valence-corrected chi connectivity index (χ1v) is 7.78. The smallest absolute Gasteiger partial charge is 0.124 e. The molecule has 0 radical (unpaired) electrons. The molecule has 1 aliphatic rings. The summed E-state index contributed by atoms with van der Waals surface area (Å²) in [5, 5.41) is 11.8. The van der Waals surface area contributed by atoms with Crippen LogP contribution in [0.3, 0.4) is 0 Å². The Bertz CT molecular complexity index is 646. The zero-order chi connectivity index (χ0) is 13.3. The van der Waals surface area contributed by atoms with Gasteiger partial charge < -0.3 is 4.74 Å². The van der Waals surface area contributed by atoms with Gasteiger partial charge in [0.15, 0.2) is 0 Å². The van der Waals surface area contributed by atoms with E-state index in [0.29, 0.717) is 6.61 Å². The van der Waals surface area contributed by atoms with Crippen LogP contribution in [-0.4, -0.2) is 6.61 Å². The number of hydrogen-bond acceptors (Lipinski definition) is 3. The van der Waals surface area contributed by atoms with Gasteiger partial charge in [0.2, 0.25) is 0 Å². The quantitative estimate of drug-likeness (QED) is 0.820. The van der Waals surface area contributed by atoms with E-state index in [0.717, 1.165) is 28.6 Å². The molecule has 0 saturated carbocycles. The number of rotatable bonds is 2. The van der Waals surface area contributed by atoms with Crippen molar-refractivity contribution in [1.82, 2.24) is 0 Å². The van der Waals surface area contributed by atoms with Crippen molar-refractivity contribution < 1.29 is 4.74 Å². The van der Waals surface area contributed by atoms with Crippen molar-refractivity contribution in [3.05, 3.63) is 50.6 Å². The van der Waals surface area contributed by atoms with Gasteiger partial charge in [-0.25, -0.2) is 0 Å². The molecule has 4 heteroatoms. The monoisotopic (exact) mass is 333 g/mol. The number of benzene rings is 1. The Morgan fingerprint density at radius 2 is 2.21 bits per heavy atom. The Morgan fingerprint density at radius 1 is 1.37 bits per heavy atom. The second-order valence-electron chi connectivity index (χ2n) is 4.66. The Morgan fingerprint density at radius 3 is 2.95 bits per heavy atom. The largest absolute Gasteiger partial charge is 0.493 e. The van der Waals surface area contributed by atoms with Crippen LogP contribution in [-0.2, 0) is 11.8 Å². The molecule has 19 heavy (non-hydrogen) atoms. The minimum Gasteiger partial charge on any atom is -0.493 e. The zero-order valence-electron chi connectivity index (χ0n) is 10.2. The molecule has 0 saturated heterocycles. The molecule has 0 spiro atoms. The summed E-state index contributed by atoms with van der Waals surface area (Å²) >= 11 is 5.25. The fraction of sp³-hybridized carbons (Fsp3) is 0.267.